The number of rotatable bonds is 2. The molecule has 0 saturated carbocycles. The molecule has 5 heteroatoms. The molecule has 72 valence electrons. The Labute approximate surface area is 81.4 Å². The maximum absolute atomic E-state index is 5.00. The SMILES string of the molecule is COc1cc(-c2cnn(C)c2)ncn1. The molecular weight excluding hydrogens is 180 g/mol. The van der Waals surface area contributed by atoms with Gasteiger partial charge < -0.3 is 4.74 Å². The van der Waals surface area contributed by atoms with Gasteiger partial charge in [-0.15, -0.1) is 0 Å². The van der Waals surface area contributed by atoms with Gasteiger partial charge >= 0.3 is 0 Å². The zero-order valence-electron chi connectivity index (χ0n) is 8.01. The van der Waals surface area contributed by atoms with Crippen molar-refractivity contribution in [2.24, 2.45) is 7.05 Å². The molecule has 0 aromatic carbocycles. The lowest BCUT2D eigenvalue weighted by atomic mass is 10.2. The van der Waals surface area contributed by atoms with E-state index in [1.165, 1.54) is 6.33 Å². The Balaban J connectivity index is 2.41. The van der Waals surface area contributed by atoms with Gasteiger partial charge in [-0.25, -0.2) is 9.97 Å². The van der Waals surface area contributed by atoms with E-state index >= 15 is 0 Å². The van der Waals surface area contributed by atoms with Crippen LogP contribution in [0.25, 0.3) is 11.3 Å². The van der Waals surface area contributed by atoms with Gasteiger partial charge in [0.15, 0.2) is 0 Å². The van der Waals surface area contributed by atoms with Crippen molar-refractivity contribution in [3.63, 3.8) is 0 Å². The predicted octanol–water partition coefficient (Wildman–Crippen LogP) is 0.886. The third-order valence-electron chi connectivity index (χ3n) is 1.85. The number of ether oxygens (including phenoxy) is 1. The Bertz CT molecular complexity index is 438. The molecule has 0 aliphatic rings. The highest BCUT2D eigenvalue weighted by molar-refractivity contribution is 5.57. The first-order chi connectivity index (χ1) is 6.79. The number of methoxy groups -OCH3 is 1. The number of aryl methyl sites for hydroxylation is 1. The molecule has 0 unspecified atom stereocenters. The van der Waals surface area contributed by atoms with E-state index in [2.05, 4.69) is 15.1 Å². The molecule has 14 heavy (non-hydrogen) atoms. The van der Waals surface area contributed by atoms with Crippen LogP contribution in [0.15, 0.2) is 24.8 Å². The minimum absolute atomic E-state index is 0.554. The third kappa shape index (κ3) is 1.56. The van der Waals surface area contributed by atoms with Crippen LogP contribution in [0.4, 0.5) is 0 Å². The largest absolute Gasteiger partial charge is 0.481 e. The van der Waals surface area contributed by atoms with E-state index in [4.69, 9.17) is 4.74 Å². The average molecular weight is 190 g/mol. The van der Waals surface area contributed by atoms with Gasteiger partial charge in [0.2, 0.25) is 5.88 Å². The van der Waals surface area contributed by atoms with E-state index in [0.717, 1.165) is 11.3 Å². The van der Waals surface area contributed by atoms with Crippen LogP contribution in [0, 0.1) is 0 Å². The molecule has 5 nitrogen and oxygen atoms in total. The van der Waals surface area contributed by atoms with Gasteiger partial charge in [-0.3, -0.25) is 4.68 Å². The van der Waals surface area contributed by atoms with E-state index in [1.54, 1.807) is 24.1 Å². The molecule has 2 heterocycles. The van der Waals surface area contributed by atoms with Crippen LogP contribution in [-0.4, -0.2) is 26.9 Å². The summed E-state index contributed by atoms with van der Waals surface area (Å²) >= 11 is 0. The third-order valence-corrected chi connectivity index (χ3v) is 1.85. The minimum Gasteiger partial charge on any atom is -0.481 e. The molecule has 0 aliphatic carbocycles. The molecule has 0 radical (unpaired) electrons. The van der Waals surface area contributed by atoms with Crippen molar-refractivity contribution in [2.45, 2.75) is 0 Å². The van der Waals surface area contributed by atoms with Gasteiger partial charge in [0.05, 0.1) is 19.0 Å². The first kappa shape index (κ1) is 8.68. The van der Waals surface area contributed by atoms with Gasteiger partial charge in [-0.2, -0.15) is 5.10 Å². The van der Waals surface area contributed by atoms with E-state index in [-0.39, 0.29) is 0 Å². The highest BCUT2D eigenvalue weighted by Crippen LogP contribution is 2.17. The molecule has 0 spiro atoms. The van der Waals surface area contributed by atoms with Crippen LogP contribution in [-0.2, 0) is 7.05 Å². The standard InChI is InChI=1S/C9H10N4O/c1-13-5-7(4-12-13)8-3-9(14-2)11-6-10-8/h3-6H,1-2H3. The second-order valence-corrected chi connectivity index (χ2v) is 2.85. The molecule has 0 aliphatic heterocycles. The fraction of sp³-hybridized carbons (Fsp3) is 0.222. The summed E-state index contributed by atoms with van der Waals surface area (Å²) in [5.74, 6) is 0.554. The number of hydrogen-bond donors (Lipinski definition) is 0. The number of aromatic nitrogens is 4. The Morgan fingerprint density at radius 3 is 2.86 bits per heavy atom. The van der Waals surface area contributed by atoms with Crippen molar-refractivity contribution < 1.29 is 4.74 Å². The summed E-state index contributed by atoms with van der Waals surface area (Å²) in [6.07, 6.45) is 5.12. The molecular formula is C9H10N4O. The molecule has 2 rings (SSSR count). The molecule has 0 bridgehead atoms. The van der Waals surface area contributed by atoms with E-state index < -0.39 is 0 Å². The summed E-state index contributed by atoms with van der Waals surface area (Å²) in [5, 5.41) is 4.06. The Morgan fingerprint density at radius 1 is 1.36 bits per heavy atom. The van der Waals surface area contributed by atoms with Crippen molar-refractivity contribution in [1.29, 1.82) is 0 Å². The average Bonchev–Trinajstić information content (AvgIpc) is 2.65. The summed E-state index contributed by atoms with van der Waals surface area (Å²) < 4.78 is 6.73. The number of nitrogens with zero attached hydrogens (tertiary/aromatic N) is 4. The predicted molar refractivity (Wildman–Crippen MR) is 50.8 cm³/mol. The van der Waals surface area contributed by atoms with Crippen LogP contribution < -0.4 is 4.74 Å². The van der Waals surface area contributed by atoms with E-state index in [1.807, 2.05) is 13.2 Å². The summed E-state index contributed by atoms with van der Waals surface area (Å²) in [6.45, 7) is 0. The Morgan fingerprint density at radius 2 is 2.21 bits per heavy atom. The normalized spacial score (nSPS) is 10.1. The molecule has 0 N–H and O–H groups in total. The number of hydrogen-bond acceptors (Lipinski definition) is 4. The maximum atomic E-state index is 5.00. The molecule has 0 saturated heterocycles. The van der Waals surface area contributed by atoms with Crippen LogP contribution in [0.3, 0.4) is 0 Å². The topological polar surface area (TPSA) is 52.8 Å². The fourth-order valence-corrected chi connectivity index (χ4v) is 1.16. The van der Waals surface area contributed by atoms with Crippen molar-refractivity contribution in [1.82, 2.24) is 19.7 Å². The Kier molecular flexibility index (Phi) is 2.14. The van der Waals surface area contributed by atoms with Gasteiger partial charge in [0.25, 0.3) is 0 Å². The lowest BCUT2D eigenvalue weighted by molar-refractivity contribution is 0.397. The fourth-order valence-electron chi connectivity index (χ4n) is 1.16. The minimum atomic E-state index is 0.554. The van der Waals surface area contributed by atoms with Gasteiger partial charge in [-0.05, 0) is 0 Å². The lowest BCUT2D eigenvalue weighted by Crippen LogP contribution is -1.90. The van der Waals surface area contributed by atoms with Gasteiger partial charge in [-0.1, -0.05) is 0 Å². The second kappa shape index (κ2) is 3.45. The zero-order valence-corrected chi connectivity index (χ0v) is 8.01. The van der Waals surface area contributed by atoms with Crippen molar-refractivity contribution >= 4 is 0 Å². The molecule has 0 fully saturated rings. The summed E-state index contributed by atoms with van der Waals surface area (Å²) in [6, 6.07) is 1.77. The van der Waals surface area contributed by atoms with Crippen molar-refractivity contribution in [2.75, 3.05) is 7.11 Å². The van der Waals surface area contributed by atoms with Crippen LogP contribution in [0.2, 0.25) is 0 Å². The summed E-state index contributed by atoms with van der Waals surface area (Å²) in [5.41, 5.74) is 1.76. The van der Waals surface area contributed by atoms with E-state index in [9.17, 15) is 0 Å². The summed E-state index contributed by atoms with van der Waals surface area (Å²) in [7, 11) is 3.44. The van der Waals surface area contributed by atoms with Crippen LogP contribution in [0.5, 0.6) is 5.88 Å². The van der Waals surface area contributed by atoms with Gasteiger partial charge in [0.1, 0.15) is 6.33 Å². The first-order valence-electron chi connectivity index (χ1n) is 4.14. The van der Waals surface area contributed by atoms with Gasteiger partial charge in [0, 0.05) is 24.9 Å². The molecule has 2 aromatic rings. The van der Waals surface area contributed by atoms with Crippen LogP contribution in [0.1, 0.15) is 0 Å². The Hall–Kier alpha value is -1.91. The van der Waals surface area contributed by atoms with Crippen molar-refractivity contribution in [3.05, 3.63) is 24.8 Å². The summed E-state index contributed by atoms with van der Waals surface area (Å²) in [4.78, 5) is 8.06. The first-order valence-corrected chi connectivity index (χ1v) is 4.14. The smallest absolute Gasteiger partial charge is 0.216 e. The maximum Gasteiger partial charge on any atom is 0.216 e. The lowest BCUT2D eigenvalue weighted by Gasteiger charge is -1.99. The molecule has 2 aromatic heterocycles. The van der Waals surface area contributed by atoms with Crippen LogP contribution >= 0.6 is 0 Å². The zero-order chi connectivity index (χ0) is 9.97. The van der Waals surface area contributed by atoms with Crippen molar-refractivity contribution in [3.8, 4) is 17.1 Å². The second-order valence-electron chi connectivity index (χ2n) is 2.85. The van der Waals surface area contributed by atoms with E-state index in [0.29, 0.717) is 5.88 Å². The highest BCUT2D eigenvalue weighted by atomic mass is 16.5. The quantitative estimate of drug-likeness (QED) is 0.705. The monoisotopic (exact) mass is 190 g/mol. The molecule has 0 amide bonds. The highest BCUT2D eigenvalue weighted by Gasteiger charge is 2.03. The molecule has 0 atom stereocenters.